The Hall–Kier alpha value is -3.56. The first-order chi connectivity index (χ1) is 15.4. The van der Waals surface area contributed by atoms with Crippen LogP contribution in [0.2, 0.25) is 5.02 Å². The summed E-state index contributed by atoms with van der Waals surface area (Å²) in [6, 6.07) is 12.0. The molecule has 2 heterocycles. The number of esters is 1. The highest BCUT2D eigenvalue weighted by atomic mass is 35.5. The first kappa shape index (κ1) is 21.7. The molecule has 32 heavy (non-hydrogen) atoms. The van der Waals surface area contributed by atoms with Gasteiger partial charge in [0.1, 0.15) is 17.5 Å². The van der Waals surface area contributed by atoms with Crippen molar-refractivity contribution in [3.63, 3.8) is 0 Å². The van der Waals surface area contributed by atoms with Gasteiger partial charge in [0.05, 0.1) is 16.6 Å². The van der Waals surface area contributed by atoms with Crippen molar-refractivity contribution < 1.29 is 14.5 Å². The summed E-state index contributed by atoms with van der Waals surface area (Å²) < 4.78 is 6.57. The summed E-state index contributed by atoms with van der Waals surface area (Å²) >= 11 is 7.37. The lowest BCUT2D eigenvalue weighted by molar-refractivity contribution is -0.384. The maximum atomic E-state index is 13.2. The van der Waals surface area contributed by atoms with Crippen LogP contribution in [-0.2, 0) is 16.1 Å². The Morgan fingerprint density at radius 1 is 1.25 bits per heavy atom. The number of halogens is 1. The summed E-state index contributed by atoms with van der Waals surface area (Å²) in [5.41, 5.74) is 1.47. The minimum atomic E-state index is -0.911. The van der Waals surface area contributed by atoms with Crippen LogP contribution in [-0.4, -0.2) is 20.4 Å². The number of nitro benzene ring substituents is 1. The molecule has 0 saturated heterocycles. The molecule has 162 valence electrons. The number of thiophene rings is 1. The van der Waals surface area contributed by atoms with Gasteiger partial charge in [-0.05, 0) is 30.7 Å². The van der Waals surface area contributed by atoms with Crippen LogP contribution in [0.3, 0.4) is 0 Å². The van der Waals surface area contributed by atoms with E-state index in [4.69, 9.17) is 16.3 Å². The van der Waals surface area contributed by atoms with Crippen molar-refractivity contribution in [1.82, 2.24) is 9.55 Å². The molecule has 0 aliphatic rings. The number of nitrogens with zero attached hydrogens (tertiary/aromatic N) is 3. The zero-order valence-corrected chi connectivity index (χ0v) is 18.3. The first-order valence-electron chi connectivity index (χ1n) is 9.50. The number of hydrogen-bond donors (Lipinski definition) is 0. The molecule has 4 rings (SSSR count). The zero-order valence-electron chi connectivity index (χ0n) is 16.7. The topological polar surface area (TPSA) is 104 Å². The van der Waals surface area contributed by atoms with E-state index in [0.717, 1.165) is 0 Å². The highest BCUT2D eigenvalue weighted by molar-refractivity contribution is 7.17. The minimum Gasteiger partial charge on any atom is -0.459 e. The largest absolute Gasteiger partial charge is 0.459 e. The second-order valence-electron chi connectivity index (χ2n) is 6.97. The van der Waals surface area contributed by atoms with Crippen LogP contribution in [0.5, 0.6) is 0 Å². The predicted octanol–water partition coefficient (Wildman–Crippen LogP) is 4.99. The first-order valence-corrected chi connectivity index (χ1v) is 10.8. The summed E-state index contributed by atoms with van der Waals surface area (Å²) in [7, 11) is 0. The second-order valence-corrected chi connectivity index (χ2v) is 8.23. The maximum Gasteiger partial charge on any atom is 0.329 e. The van der Waals surface area contributed by atoms with E-state index in [0.29, 0.717) is 31.9 Å². The second kappa shape index (κ2) is 8.89. The van der Waals surface area contributed by atoms with Crippen LogP contribution < -0.4 is 5.56 Å². The number of aromatic nitrogens is 2. The molecular weight excluding hydrogens is 454 g/mol. The molecule has 1 unspecified atom stereocenters. The van der Waals surface area contributed by atoms with Crippen molar-refractivity contribution in [3.8, 4) is 11.1 Å². The summed E-state index contributed by atoms with van der Waals surface area (Å²) in [6.45, 7) is 1.54. The number of carbonyl (C=O) groups is 1. The van der Waals surface area contributed by atoms with E-state index in [9.17, 15) is 19.7 Å². The van der Waals surface area contributed by atoms with Gasteiger partial charge in [-0.2, -0.15) is 0 Å². The number of ether oxygens (including phenoxy) is 1. The van der Waals surface area contributed by atoms with Gasteiger partial charge >= 0.3 is 5.97 Å². The quantitative estimate of drug-likeness (QED) is 0.224. The average molecular weight is 470 g/mol. The lowest BCUT2D eigenvalue weighted by Crippen LogP contribution is -2.29. The molecule has 10 heteroatoms. The number of hydrogen-bond acceptors (Lipinski definition) is 7. The third kappa shape index (κ3) is 4.12. The van der Waals surface area contributed by atoms with Crippen molar-refractivity contribution >= 4 is 44.8 Å². The van der Waals surface area contributed by atoms with Gasteiger partial charge in [0.25, 0.3) is 11.2 Å². The molecule has 0 aliphatic heterocycles. The molecule has 0 saturated carbocycles. The Morgan fingerprint density at radius 3 is 2.66 bits per heavy atom. The summed E-state index contributed by atoms with van der Waals surface area (Å²) in [5.74, 6) is -0.597. The Morgan fingerprint density at radius 2 is 1.97 bits per heavy atom. The standard InChI is InChI=1S/C22H16ClN3O5S/c1-13(22(28)31-10-15-4-2-3-5-18(15)23)25-12-24-20-19(21(25)27)17(11-32-20)14-6-8-16(9-7-14)26(29)30/h2-9,11-13H,10H2,1H3. The van der Waals surface area contributed by atoms with Crippen LogP contribution in [0, 0.1) is 10.1 Å². The van der Waals surface area contributed by atoms with Gasteiger partial charge in [0.2, 0.25) is 0 Å². The van der Waals surface area contributed by atoms with Crippen LogP contribution in [0.4, 0.5) is 5.69 Å². The minimum absolute atomic E-state index is 0.0141. The van der Waals surface area contributed by atoms with E-state index in [-0.39, 0.29) is 12.3 Å². The highest BCUT2D eigenvalue weighted by Gasteiger charge is 2.22. The summed E-state index contributed by atoms with van der Waals surface area (Å²) in [4.78, 5) is 41.1. The fraction of sp³-hybridized carbons (Fsp3) is 0.136. The maximum absolute atomic E-state index is 13.2. The molecule has 2 aromatic heterocycles. The lowest BCUT2D eigenvalue weighted by Gasteiger charge is -2.14. The highest BCUT2D eigenvalue weighted by Crippen LogP contribution is 2.32. The molecule has 2 aromatic carbocycles. The fourth-order valence-corrected chi connectivity index (χ4v) is 4.29. The molecule has 0 fully saturated rings. The van der Waals surface area contributed by atoms with Crippen LogP contribution in [0.1, 0.15) is 18.5 Å². The van der Waals surface area contributed by atoms with Crippen LogP contribution in [0.15, 0.2) is 65.0 Å². The number of rotatable bonds is 6. The number of benzene rings is 2. The molecule has 0 radical (unpaired) electrons. The number of fused-ring (bicyclic) bond motifs is 1. The van der Waals surface area contributed by atoms with Crippen molar-refractivity contribution in [2.75, 3.05) is 0 Å². The molecule has 0 aliphatic carbocycles. The summed E-state index contributed by atoms with van der Waals surface area (Å²) in [5, 5.41) is 13.5. The van der Waals surface area contributed by atoms with Gasteiger partial charge < -0.3 is 4.74 Å². The smallest absolute Gasteiger partial charge is 0.329 e. The molecule has 0 spiro atoms. The Balaban J connectivity index is 1.63. The molecule has 4 aromatic rings. The van der Waals surface area contributed by atoms with Gasteiger partial charge in [0.15, 0.2) is 0 Å². The Kier molecular flexibility index (Phi) is 6.02. The Bertz CT molecular complexity index is 1380. The third-order valence-electron chi connectivity index (χ3n) is 4.99. The molecule has 8 nitrogen and oxygen atoms in total. The monoisotopic (exact) mass is 469 g/mol. The van der Waals surface area contributed by atoms with Crippen LogP contribution >= 0.6 is 22.9 Å². The Labute approximate surface area is 190 Å². The van der Waals surface area contributed by atoms with E-state index in [1.165, 1.54) is 34.4 Å². The van der Waals surface area contributed by atoms with Gasteiger partial charge in [-0.15, -0.1) is 11.3 Å². The zero-order chi connectivity index (χ0) is 22.8. The van der Waals surface area contributed by atoms with Crippen molar-refractivity contribution in [2.45, 2.75) is 19.6 Å². The van der Waals surface area contributed by atoms with Gasteiger partial charge in [0, 0.05) is 33.7 Å². The molecule has 1 atom stereocenters. The number of nitro groups is 1. The SMILES string of the molecule is CC(C(=O)OCc1ccccc1Cl)n1cnc2scc(-c3ccc([N+](=O)[O-])cc3)c2c1=O. The number of carbonyl (C=O) groups excluding carboxylic acids is 1. The molecule has 0 N–H and O–H groups in total. The van der Waals surface area contributed by atoms with Crippen molar-refractivity contribution in [2.24, 2.45) is 0 Å². The van der Waals surface area contributed by atoms with Crippen molar-refractivity contribution in [1.29, 1.82) is 0 Å². The van der Waals surface area contributed by atoms with Gasteiger partial charge in [-0.3, -0.25) is 19.5 Å². The molecular formula is C22H16ClN3O5S. The molecule has 0 bridgehead atoms. The van der Waals surface area contributed by atoms with Crippen molar-refractivity contribution in [3.05, 3.63) is 91.3 Å². The van der Waals surface area contributed by atoms with Crippen LogP contribution in [0.25, 0.3) is 21.3 Å². The fourth-order valence-electron chi connectivity index (χ4n) is 3.20. The number of non-ortho nitro benzene ring substituents is 1. The van der Waals surface area contributed by atoms with E-state index in [1.54, 1.807) is 48.7 Å². The van der Waals surface area contributed by atoms with E-state index in [2.05, 4.69) is 4.98 Å². The summed E-state index contributed by atoms with van der Waals surface area (Å²) in [6.07, 6.45) is 1.32. The van der Waals surface area contributed by atoms with Gasteiger partial charge in [-0.25, -0.2) is 9.78 Å². The molecule has 0 amide bonds. The third-order valence-corrected chi connectivity index (χ3v) is 6.25. The van der Waals surface area contributed by atoms with E-state index < -0.39 is 22.5 Å². The average Bonchev–Trinajstić information content (AvgIpc) is 3.23. The van der Waals surface area contributed by atoms with E-state index >= 15 is 0 Å². The predicted molar refractivity (Wildman–Crippen MR) is 122 cm³/mol. The lowest BCUT2D eigenvalue weighted by atomic mass is 10.1. The van der Waals surface area contributed by atoms with Gasteiger partial charge in [-0.1, -0.05) is 29.8 Å². The van der Waals surface area contributed by atoms with E-state index in [1.807, 2.05) is 0 Å². The normalized spacial score (nSPS) is 11.9.